The lowest BCUT2D eigenvalue weighted by Gasteiger charge is -2.56. The molecule has 0 aromatic rings. The molecule has 6 aliphatic carbocycles. The van der Waals surface area contributed by atoms with Crippen LogP contribution in [-0.2, 0) is 9.47 Å². The molecule has 0 bridgehead atoms. The van der Waals surface area contributed by atoms with Crippen LogP contribution in [0.3, 0.4) is 0 Å². The van der Waals surface area contributed by atoms with Crippen LogP contribution in [0.2, 0.25) is 0 Å². The molecule has 6 rings (SSSR count). The first kappa shape index (κ1) is 35.1. The number of rotatable bonds is 4. The molecule has 2 N–H and O–H groups in total. The fraction of sp³-hybridized carbons (Fsp3) is 0.675. The molecule has 8 heteroatoms. The van der Waals surface area contributed by atoms with Gasteiger partial charge >= 0.3 is 12.3 Å². The van der Waals surface area contributed by atoms with E-state index in [2.05, 4.69) is 62.2 Å². The van der Waals surface area contributed by atoms with Gasteiger partial charge in [0, 0.05) is 24.4 Å². The van der Waals surface area contributed by atoms with Gasteiger partial charge in [-0.25, -0.2) is 4.79 Å². The molecule has 0 radical (unpaired) electrons. The van der Waals surface area contributed by atoms with Gasteiger partial charge in [-0.3, -0.25) is 0 Å². The highest BCUT2D eigenvalue weighted by molar-refractivity contribution is 5.68. The lowest BCUT2D eigenvalue weighted by atomic mass is 9.50. The molecule has 2 saturated carbocycles. The van der Waals surface area contributed by atoms with Gasteiger partial charge in [0.2, 0.25) is 0 Å². The van der Waals surface area contributed by atoms with Crippen molar-refractivity contribution in [1.29, 1.82) is 0 Å². The summed E-state index contributed by atoms with van der Waals surface area (Å²) in [7, 11) is 1.24. The predicted octanol–water partition coefficient (Wildman–Crippen LogP) is 8.77. The van der Waals surface area contributed by atoms with Crippen molar-refractivity contribution in [2.75, 3.05) is 13.7 Å². The Labute approximate surface area is 284 Å². The van der Waals surface area contributed by atoms with E-state index >= 15 is 0 Å². The molecule has 262 valence electrons. The molecule has 0 aromatic heterocycles. The molecule has 0 aromatic carbocycles. The lowest BCUT2D eigenvalue weighted by Crippen LogP contribution is -2.60. The molecule has 1 amide bonds. The maximum absolute atomic E-state index is 14.9. The number of fused-ring (bicyclic) bond motifs is 4. The molecular formula is C40H52F3NO4. The number of allylic oxidation sites excluding steroid dienone is 8. The minimum Gasteiger partial charge on any atom is -0.436 e. The van der Waals surface area contributed by atoms with Crippen LogP contribution in [0.4, 0.5) is 18.0 Å². The Balaban J connectivity index is 1.15. The third kappa shape index (κ3) is 6.35. The van der Waals surface area contributed by atoms with Crippen molar-refractivity contribution in [1.82, 2.24) is 5.32 Å². The summed E-state index contributed by atoms with van der Waals surface area (Å²) in [6, 6.07) is -0.0364. The topological polar surface area (TPSA) is 67.8 Å². The molecule has 9 atom stereocenters. The standard InChI is InChI=1S/C40H52F3NO4/c1-37(2,3)28-13-15-29(16-14-28)44-36(46)48-22-6-7-25-8-10-26(11-9-25)33-24-38(4)34(20-21-39(38,47-5)40(41,42)43)32-18-12-27-23-30(45)17-19-31(27)35(32)33/h8,10-11,13,15,23,25,28-30,32-34,45H,9,12,14,16-22,24H2,1-5H3,(H,44,46). The van der Waals surface area contributed by atoms with Gasteiger partial charge < -0.3 is 19.9 Å². The summed E-state index contributed by atoms with van der Waals surface area (Å²) in [5.74, 6) is 6.43. The number of aliphatic hydroxyl groups excluding tert-OH is 1. The van der Waals surface area contributed by atoms with Crippen LogP contribution in [0.15, 0.2) is 58.7 Å². The molecule has 0 heterocycles. The Morgan fingerprint density at radius 3 is 2.52 bits per heavy atom. The van der Waals surface area contributed by atoms with E-state index in [0.29, 0.717) is 31.6 Å². The number of hydrogen-bond donors (Lipinski definition) is 2. The van der Waals surface area contributed by atoms with Crippen LogP contribution in [0.5, 0.6) is 0 Å². The van der Waals surface area contributed by atoms with Crippen LogP contribution >= 0.6 is 0 Å². The van der Waals surface area contributed by atoms with E-state index in [-0.39, 0.29) is 48.2 Å². The SMILES string of the molecule is COC1(C(F)(F)F)CCC2C3CCC4=CC(O)CCC4=C3C(C3=CCC(C#CCOC(=O)NC4C=CC(C(C)(C)C)CC4)C=C3)CC21C. The first-order valence-corrected chi connectivity index (χ1v) is 17.9. The number of carbonyl (C=O) groups excluding carboxylic acids is 1. The van der Waals surface area contributed by atoms with Crippen molar-refractivity contribution in [2.24, 2.45) is 40.4 Å². The molecular weight excluding hydrogens is 615 g/mol. The first-order valence-electron chi connectivity index (χ1n) is 17.9. The van der Waals surface area contributed by atoms with E-state index in [1.165, 1.54) is 23.8 Å². The largest absolute Gasteiger partial charge is 0.436 e. The van der Waals surface area contributed by atoms with E-state index < -0.39 is 29.4 Å². The van der Waals surface area contributed by atoms with Crippen molar-refractivity contribution in [2.45, 2.75) is 116 Å². The Hall–Kier alpha value is -2.76. The van der Waals surface area contributed by atoms with Crippen LogP contribution in [0, 0.1) is 52.3 Å². The first-order chi connectivity index (χ1) is 22.7. The van der Waals surface area contributed by atoms with E-state index in [0.717, 1.165) is 37.7 Å². The zero-order valence-corrected chi connectivity index (χ0v) is 29.1. The number of ether oxygens (including phenoxy) is 2. The number of carbonyl (C=O) groups is 1. The van der Waals surface area contributed by atoms with E-state index in [9.17, 15) is 23.1 Å². The number of aliphatic hydroxyl groups is 1. The maximum atomic E-state index is 14.9. The van der Waals surface area contributed by atoms with Gasteiger partial charge in [-0.1, -0.05) is 81.6 Å². The van der Waals surface area contributed by atoms with E-state index in [4.69, 9.17) is 9.47 Å². The van der Waals surface area contributed by atoms with Crippen molar-refractivity contribution >= 4 is 6.09 Å². The Kier molecular flexibility index (Phi) is 9.63. The summed E-state index contributed by atoms with van der Waals surface area (Å²) in [4.78, 5) is 12.4. The zero-order valence-electron chi connectivity index (χ0n) is 29.1. The quantitative estimate of drug-likeness (QED) is 0.232. The summed E-state index contributed by atoms with van der Waals surface area (Å²) < 4.78 is 55.6. The van der Waals surface area contributed by atoms with Crippen LogP contribution in [0.25, 0.3) is 0 Å². The number of alkyl carbamates (subject to hydrolysis) is 1. The number of alkyl halides is 3. The zero-order chi connectivity index (χ0) is 34.5. The highest BCUT2D eigenvalue weighted by Crippen LogP contribution is 2.69. The fourth-order valence-corrected chi connectivity index (χ4v) is 10.1. The summed E-state index contributed by atoms with van der Waals surface area (Å²) in [6.07, 6.45) is 13.5. The van der Waals surface area contributed by atoms with Gasteiger partial charge in [0.25, 0.3) is 0 Å². The average molecular weight is 668 g/mol. The molecule has 5 nitrogen and oxygen atoms in total. The van der Waals surface area contributed by atoms with Gasteiger partial charge in [0.1, 0.15) is 0 Å². The number of hydrogen-bond acceptors (Lipinski definition) is 4. The van der Waals surface area contributed by atoms with E-state index in [1.54, 1.807) is 0 Å². The smallest absolute Gasteiger partial charge is 0.417 e. The second kappa shape index (κ2) is 13.2. The molecule has 0 aliphatic heterocycles. The summed E-state index contributed by atoms with van der Waals surface area (Å²) >= 11 is 0. The average Bonchev–Trinajstić information content (AvgIpc) is 3.35. The summed E-state index contributed by atoms with van der Waals surface area (Å²) in [5, 5.41) is 13.3. The number of amides is 1. The van der Waals surface area contributed by atoms with Gasteiger partial charge in [-0.05, 0) is 104 Å². The monoisotopic (exact) mass is 667 g/mol. The van der Waals surface area contributed by atoms with Crippen LogP contribution < -0.4 is 5.32 Å². The third-order valence-corrected chi connectivity index (χ3v) is 12.7. The van der Waals surface area contributed by atoms with Gasteiger partial charge in [-0.15, -0.1) is 0 Å². The molecule has 0 saturated heterocycles. The second-order valence-electron chi connectivity index (χ2n) is 16.2. The predicted molar refractivity (Wildman–Crippen MR) is 181 cm³/mol. The van der Waals surface area contributed by atoms with Crippen molar-refractivity contribution in [3.8, 4) is 11.8 Å². The highest BCUT2D eigenvalue weighted by Gasteiger charge is 2.73. The molecule has 2 fully saturated rings. The highest BCUT2D eigenvalue weighted by atomic mass is 19.4. The molecule has 0 spiro atoms. The van der Waals surface area contributed by atoms with Gasteiger partial charge in [0.15, 0.2) is 12.2 Å². The number of nitrogens with one attached hydrogen (secondary N) is 1. The lowest BCUT2D eigenvalue weighted by molar-refractivity contribution is -0.309. The van der Waals surface area contributed by atoms with Crippen molar-refractivity contribution in [3.05, 3.63) is 58.7 Å². The van der Waals surface area contributed by atoms with Crippen LogP contribution in [-0.4, -0.2) is 48.8 Å². The Bertz CT molecular complexity index is 1490. The summed E-state index contributed by atoms with van der Waals surface area (Å²) in [5.41, 5.74) is 1.79. The Morgan fingerprint density at radius 2 is 1.88 bits per heavy atom. The van der Waals surface area contributed by atoms with Gasteiger partial charge in [0.05, 0.1) is 12.1 Å². The second-order valence-corrected chi connectivity index (χ2v) is 16.2. The number of halogens is 3. The molecule has 6 aliphatic rings. The maximum Gasteiger partial charge on any atom is 0.417 e. The molecule has 48 heavy (non-hydrogen) atoms. The van der Waals surface area contributed by atoms with E-state index in [1.807, 2.05) is 19.1 Å². The summed E-state index contributed by atoms with van der Waals surface area (Å²) in [6.45, 7) is 8.50. The normalized spacial score (nSPS) is 37.7. The Morgan fingerprint density at radius 1 is 1.08 bits per heavy atom. The number of methoxy groups -OCH3 is 1. The van der Waals surface area contributed by atoms with Crippen molar-refractivity contribution < 1.29 is 32.5 Å². The minimum atomic E-state index is -4.46. The van der Waals surface area contributed by atoms with Crippen molar-refractivity contribution in [3.63, 3.8) is 0 Å². The van der Waals surface area contributed by atoms with Crippen LogP contribution in [0.1, 0.15) is 91.9 Å². The third-order valence-electron chi connectivity index (χ3n) is 12.7. The van der Waals surface area contributed by atoms with Gasteiger partial charge in [-0.2, -0.15) is 13.2 Å². The minimum absolute atomic E-state index is 0.00834. The molecule has 9 unspecified atom stereocenters. The fourth-order valence-electron chi connectivity index (χ4n) is 10.1.